The fourth-order valence-corrected chi connectivity index (χ4v) is 6.07. The van der Waals surface area contributed by atoms with Crippen LogP contribution < -0.4 is 5.73 Å². The SMILES string of the molecule is CCCCC/C=C\C/C=C\C/C=C\C/C=C\C/C=C\CCC(=O)OC[C@H](COP(=O)(O)OCCN)OC(=O)CCCCC/C=C\C/C=C\C/C=C\C/C=C\CCCCC. The van der Waals surface area contributed by atoms with Crippen LogP contribution in [-0.4, -0.2) is 49.3 Å². The number of unbranched alkanes of at least 4 members (excludes halogenated alkanes) is 9. The van der Waals surface area contributed by atoms with Crippen molar-refractivity contribution >= 4 is 19.8 Å². The summed E-state index contributed by atoms with van der Waals surface area (Å²) in [5, 5.41) is 0. The molecule has 1 unspecified atom stereocenters. The maximum atomic E-state index is 12.6. The van der Waals surface area contributed by atoms with Crippen LogP contribution in [0.2, 0.25) is 0 Å². The molecule has 59 heavy (non-hydrogen) atoms. The van der Waals surface area contributed by atoms with Crippen molar-refractivity contribution in [2.45, 2.75) is 161 Å². The molecule has 334 valence electrons. The number of hydrogen-bond acceptors (Lipinski definition) is 8. The van der Waals surface area contributed by atoms with Gasteiger partial charge in [0.2, 0.25) is 0 Å². The first-order valence-electron chi connectivity index (χ1n) is 22.4. The van der Waals surface area contributed by atoms with Crippen LogP contribution in [0.1, 0.15) is 155 Å². The highest BCUT2D eigenvalue weighted by atomic mass is 31.2. The maximum Gasteiger partial charge on any atom is 0.472 e. The van der Waals surface area contributed by atoms with Gasteiger partial charge >= 0.3 is 19.8 Å². The van der Waals surface area contributed by atoms with Gasteiger partial charge in [-0.25, -0.2) is 4.57 Å². The summed E-state index contributed by atoms with van der Waals surface area (Å²) < 4.78 is 32.7. The lowest BCUT2D eigenvalue weighted by atomic mass is 10.1. The van der Waals surface area contributed by atoms with Gasteiger partial charge in [-0.15, -0.1) is 0 Å². The van der Waals surface area contributed by atoms with E-state index in [0.29, 0.717) is 12.8 Å². The number of carbonyl (C=O) groups excluding carboxylic acids is 2. The van der Waals surface area contributed by atoms with Crippen LogP contribution >= 0.6 is 7.82 Å². The Labute approximate surface area is 359 Å². The fraction of sp³-hybridized carbons (Fsp3) is 0.592. The van der Waals surface area contributed by atoms with Crippen LogP contribution in [0, 0.1) is 0 Å². The number of esters is 2. The second-order valence-corrected chi connectivity index (χ2v) is 15.7. The van der Waals surface area contributed by atoms with E-state index in [1.165, 1.54) is 51.4 Å². The number of phosphoric ester groups is 1. The minimum absolute atomic E-state index is 0.0321. The number of carbonyl (C=O) groups is 2. The van der Waals surface area contributed by atoms with Gasteiger partial charge in [-0.3, -0.25) is 18.6 Å². The molecule has 0 amide bonds. The van der Waals surface area contributed by atoms with Gasteiger partial charge in [0.05, 0.1) is 13.2 Å². The smallest absolute Gasteiger partial charge is 0.462 e. The normalized spacial score (nSPS) is 14.3. The molecule has 0 saturated heterocycles. The van der Waals surface area contributed by atoms with Crippen LogP contribution in [0.5, 0.6) is 0 Å². The van der Waals surface area contributed by atoms with E-state index in [1.54, 1.807) is 0 Å². The Kier molecular flexibility index (Phi) is 41.7. The summed E-state index contributed by atoms with van der Waals surface area (Å²) in [5.74, 6) is -0.973. The molecule has 3 N–H and O–H groups in total. The molecule has 2 atom stereocenters. The number of allylic oxidation sites excluding steroid dienone is 18. The number of rotatable bonds is 40. The van der Waals surface area contributed by atoms with Gasteiger partial charge in [0.15, 0.2) is 6.10 Å². The third-order valence-corrected chi connectivity index (χ3v) is 9.63. The van der Waals surface area contributed by atoms with Crippen molar-refractivity contribution < 1.29 is 37.6 Å². The van der Waals surface area contributed by atoms with E-state index in [-0.39, 0.29) is 32.6 Å². The first kappa shape index (κ1) is 55.7. The fourth-order valence-electron chi connectivity index (χ4n) is 5.30. The summed E-state index contributed by atoms with van der Waals surface area (Å²) in [5.41, 5.74) is 5.34. The van der Waals surface area contributed by atoms with Crippen LogP contribution in [-0.2, 0) is 32.7 Å². The zero-order valence-corrected chi connectivity index (χ0v) is 37.6. The first-order chi connectivity index (χ1) is 28.8. The molecule has 0 fully saturated rings. The molecular weight excluding hydrogens is 762 g/mol. The number of nitrogens with two attached hydrogens (primary N) is 1. The molecule has 0 aliphatic heterocycles. The van der Waals surface area contributed by atoms with Crippen molar-refractivity contribution in [3.8, 4) is 0 Å². The van der Waals surface area contributed by atoms with Crippen LogP contribution in [0.4, 0.5) is 0 Å². The van der Waals surface area contributed by atoms with Crippen molar-refractivity contribution in [2.75, 3.05) is 26.4 Å². The van der Waals surface area contributed by atoms with Crippen LogP contribution in [0.25, 0.3) is 0 Å². The highest BCUT2D eigenvalue weighted by Crippen LogP contribution is 2.43. The van der Waals surface area contributed by atoms with E-state index < -0.39 is 32.5 Å². The number of ether oxygens (including phenoxy) is 2. The summed E-state index contributed by atoms with van der Waals surface area (Å²) >= 11 is 0. The molecule has 0 aliphatic carbocycles. The van der Waals surface area contributed by atoms with Gasteiger partial charge in [-0.05, 0) is 96.3 Å². The van der Waals surface area contributed by atoms with Crippen molar-refractivity contribution in [1.82, 2.24) is 0 Å². The quantitative estimate of drug-likeness (QED) is 0.0267. The van der Waals surface area contributed by atoms with E-state index in [9.17, 15) is 19.0 Å². The summed E-state index contributed by atoms with van der Waals surface area (Å²) in [6, 6.07) is 0. The van der Waals surface area contributed by atoms with Crippen molar-refractivity contribution in [3.63, 3.8) is 0 Å². The van der Waals surface area contributed by atoms with Gasteiger partial charge in [-0.1, -0.05) is 155 Å². The van der Waals surface area contributed by atoms with E-state index in [0.717, 1.165) is 64.2 Å². The molecule has 0 aromatic rings. The highest BCUT2D eigenvalue weighted by molar-refractivity contribution is 7.47. The predicted molar refractivity (Wildman–Crippen MR) is 247 cm³/mol. The molecule has 10 heteroatoms. The van der Waals surface area contributed by atoms with E-state index in [4.69, 9.17) is 24.3 Å². The van der Waals surface area contributed by atoms with Crippen LogP contribution in [0.15, 0.2) is 109 Å². The minimum atomic E-state index is -4.41. The maximum absolute atomic E-state index is 12.6. The summed E-state index contributed by atoms with van der Waals surface area (Å²) in [4.78, 5) is 34.9. The van der Waals surface area contributed by atoms with Crippen molar-refractivity contribution in [3.05, 3.63) is 109 Å². The lowest BCUT2D eigenvalue weighted by molar-refractivity contribution is -0.161. The van der Waals surface area contributed by atoms with Gasteiger partial charge < -0.3 is 20.1 Å². The minimum Gasteiger partial charge on any atom is -0.462 e. The average Bonchev–Trinajstić information content (AvgIpc) is 3.22. The summed E-state index contributed by atoms with van der Waals surface area (Å²) in [7, 11) is -4.41. The molecule has 0 rings (SSSR count). The molecule has 0 radical (unpaired) electrons. The summed E-state index contributed by atoms with van der Waals surface area (Å²) in [6.45, 7) is 3.53. The third-order valence-electron chi connectivity index (χ3n) is 8.64. The third kappa shape index (κ3) is 44.1. The zero-order valence-electron chi connectivity index (χ0n) is 36.7. The number of hydrogen-bond donors (Lipinski definition) is 2. The first-order valence-corrected chi connectivity index (χ1v) is 23.9. The lowest BCUT2D eigenvalue weighted by Gasteiger charge is -2.19. The molecule has 0 spiro atoms. The summed E-state index contributed by atoms with van der Waals surface area (Å²) in [6.07, 6.45) is 58.4. The largest absolute Gasteiger partial charge is 0.472 e. The van der Waals surface area contributed by atoms with Crippen LogP contribution in [0.3, 0.4) is 0 Å². The zero-order chi connectivity index (χ0) is 43.2. The van der Waals surface area contributed by atoms with E-state index in [2.05, 4.69) is 111 Å². The second-order valence-electron chi connectivity index (χ2n) is 14.2. The molecule has 0 heterocycles. The lowest BCUT2D eigenvalue weighted by Crippen LogP contribution is -2.29. The van der Waals surface area contributed by atoms with Gasteiger partial charge in [0, 0.05) is 19.4 Å². The molecule has 0 aliphatic rings. The van der Waals surface area contributed by atoms with Gasteiger partial charge in [-0.2, -0.15) is 0 Å². The Morgan fingerprint density at radius 3 is 1.34 bits per heavy atom. The van der Waals surface area contributed by atoms with Crippen molar-refractivity contribution in [1.29, 1.82) is 0 Å². The average molecular weight is 842 g/mol. The molecular formula is C49H80NO8P. The van der Waals surface area contributed by atoms with Gasteiger partial charge in [0.25, 0.3) is 0 Å². The Balaban J connectivity index is 4.36. The Bertz CT molecular complexity index is 1330. The van der Waals surface area contributed by atoms with Crippen molar-refractivity contribution in [2.24, 2.45) is 5.73 Å². The molecule has 0 aromatic carbocycles. The topological polar surface area (TPSA) is 134 Å². The molecule has 0 bridgehead atoms. The Morgan fingerprint density at radius 2 is 0.915 bits per heavy atom. The Morgan fingerprint density at radius 1 is 0.508 bits per heavy atom. The monoisotopic (exact) mass is 842 g/mol. The van der Waals surface area contributed by atoms with Gasteiger partial charge in [0.1, 0.15) is 6.61 Å². The molecule has 0 saturated carbocycles. The Hall–Kier alpha value is -3.33. The van der Waals surface area contributed by atoms with E-state index >= 15 is 0 Å². The standard InChI is InChI=1S/C49H80NO8P/c1-3-5-7-9-11-13-15-17-19-21-23-25-27-29-31-33-35-37-39-41-48(51)55-45-47(46-57-59(53,54)56-44-43-50)58-49(52)42-40-38-36-34-32-30-28-26-24-22-20-18-16-14-12-10-8-6-4-2/h11-14,17-20,23-26,29-32,35,37,47H,3-10,15-16,21-22,27-28,33-34,36,38-46,50H2,1-2H3,(H,53,54)/b13-11-,14-12-,19-17-,20-18-,25-23-,26-24-,31-29-,32-30-,37-35-/t47-/m1/s1. The number of phosphoric acid groups is 1. The highest BCUT2D eigenvalue weighted by Gasteiger charge is 2.25. The van der Waals surface area contributed by atoms with E-state index in [1.807, 2.05) is 12.2 Å². The second kappa shape index (κ2) is 44.2. The predicted octanol–water partition coefficient (Wildman–Crippen LogP) is 13.2. The molecule has 0 aromatic heterocycles. The molecule has 9 nitrogen and oxygen atoms in total.